The molecule has 0 aliphatic heterocycles. The van der Waals surface area contributed by atoms with Gasteiger partial charge in [0.15, 0.2) is 5.78 Å². The van der Waals surface area contributed by atoms with Crippen molar-refractivity contribution in [2.24, 2.45) is 11.8 Å². The van der Waals surface area contributed by atoms with Crippen molar-refractivity contribution in [2.75, 3.05) is 0 Å². The number of ketones is 1. The van der Waals surface area contributed by atoms with E-state index in [2.05, 4.69) is 13.0 Å². The van der Waals surface area contributed by atoms with Gasteiger partial charge in [0.1, 0.15) is 5.92 Å². The molecular weight excluding hydrogens is 281 g/mol. The van der Waals surface area contributed by atoms with Gasteiger partial charge in [0.25, 0.3) is 0 Å². The van der Waals surface area contributed by atoms with Gasteiger partial charge in [-0.25, -0.2) is 0 Å². The van der Waals surface area contributed by atoms with Crippen LogP contribution in [0.2, 0.25) is 10.0 Å². The molecule has 0 radical (unpaired) electrons. The van der Waals surface area contributed by atoms with Gasteiger partial charge in [0.2, 0.25) is 0 Å². The molecule has 1 aliphatic carbocycles. The Hall–Kier alpha value is -1.04. The number of Topliss-reactive ketones (excluding diaryl/α,β-unsaturated/α-hetero) is 1. The number of rotatable bonds is 3. The van der Waals surface area contributed by atoms with Crippen molar-refractivity contribution in [3.63, 3.8) is 0 Å². The van der Waals surface area contributed by atoms with E-state index in [0.29, 0.717) is 21.5 Å². The van der Waals surface area contributed by atoms with Crippen LogP contribution in [0.5, 0.6) is 0 Å². The highest BCUT2D eigenvalue weighted by molar-refractivity contribution is 6.35. The smallest absolute Gasteiger partial charge is 0.157 e. The molecule has 1 saturated carbocycles. The molecule has 4 heteroatoms. The minimum Gasteiger partial charge on any atom is -0.298 e. The molecule has 1 aliphatic rings. The maximum Gasteiger partial charge on any atom is 0.157 e. The summed E-state index contributed by atoms with van der Waals surface area (Å²) in [6, 6.07) is 7.02. The van der Waals surface area contributed by atoms with Gasteiger partial charge in [-0.15, -0.1) is 0 Å². The Bertz CT molecular complexity index is 535. The summed E-state index contributed by atoms with van der Waals surface area (Å²) in [5, 5.41) is 10.2. The number of carbonyl (C=O) groups excluding carboxylic acids is 1. The first-order chi connectivity index (χ1) is 9.04. The van der Waals surface area contributed by atoms with Crippen molar-refractivity contribution in [1.29, 1.82) is 5.26 Å². The molecule has 0 saturated heterocycles. The Morgan fingerprint density at radius 2 is 2.16 bits per heavy atom. The van der Waals surface area contributed by atoms with Gasteiger partial charge in [-0.2, -0.15) is 5.26 Å². The molecule has 1 aromatic rings. The van der Waals surface area contributed by atoms with E-state index in [4.69, 9.17) is 23.2 Å². The number of nitriles is 1. The average Bonchev–Trinajstić information content (AvgIpc) is 2.78. The third-order valence-electron chi connectivity index (χ3n) is 3.91. The fourth-order valence-corrected chi connectivity index (χ4v) is 3.32. The zero-order valence-corrected chi connectivity index (χ0v) is 12.2. The number of carbonyl (C=O) groups is 1. The molecule has 0 aromatic heterocycles. The lowest BCUT2D eigenvalue weighted by atomic mass is 9.83. The molecule has 0 N–H and O–H groups in total. The molecule has 0 bridgehead atoms. The predicted molar refractivity (Wildman–Crippen MR) is 76.3 cm³/mol. The van der Waals surface area contributed by atoms with Crippen LogP contribution in [0, 0.1) is 23.2 Å². The topological polar surface area (TPSA) is 40.9 Å². The maximum absolute atomic E-state index is 12.5. The highest BCUT2D eigenvalue weighted by atomic mass is 35.5. The van der Waals surface area contributed by atoms with Gasteiger partial charge in [-0.05, 0) is 36.5 Å². The highest BCUT2D eigenvalue weighted by Gasteiger charge is 2.35. The van der Waals surface area contributed by atoms with Crippen molar-refractivity contribution >= 4 is 29.0 Å². The molecule has 0 heterocycles. The molecule has 0 amide bonds. The van der Waals surface area contributed by atoms with Crippen LogP contribution in [0.25, 0.3) is 0 Å². The lowest BCUT2D eigenvalue weighted by Gasteiger charge is -2.18. The lowest BCUT2D eigenvalue weighted by molar-refractivity contribution is -0.124. The second kappa shape index (κ2) is 5.94. The molecule has 0 spiro atoms. The maximum atomic E-state index is 12.5. The van der Waals surface area contributed by atoms with E-state index in [1.807, 2.05) is 0 Å². The Morgan fingerprint density at radius 3 is 2.68 bits per heavy atom. The van der Waals surface area contributed by atoms with E-state index in [9.17, 15) is 10.1 Å². The number of benzene rings is 1. The van der Waals surface area contributed by atoms with Gasteiger partial charge in [0, 0.05) is 16.0 Å². The predicted octanol–water partition coefficient (Wildman–Crippen LogP) is 4.61. The number of nitrogens with zero attached hydrogens (tertiary/aromatic N) is 1. The Balaban J connectivity index is 2.29. The first kappa shape index (κ1) is 14.4. The molecule has 3 unspecified atom stereocenters. The van der Waals surface area contributed by atoms with E-state index in [1.165, 1.54) is 0 Å². The zero-order valence-electron chi connectivity index (χ0n) is 10.7. The quantitative estimate of drug-likeness (QED) is 0.817. The van der Waals surface area contributed by atoms with Crippen molar-refractivity contribution in [1.82, 2.24) is 0 Å². The van der Waals surface area contributed by atoms with E-state index in [0.717, 1.165) is 19.3 Å². The van der Waals surface area contributed by atoms with Crippen LogP contribution in [0.1, 0.15) is 37.7 Å². The minimum absolute atomic E-state index is 0.00303. The van der Waals surface area contributed by atoms with Gasteiger partial charge >= 0.3 is 0 Å². The van der Waals surface area contributed by atoms with Gasteiger partial charge in [0.05, 0.1) is 6.07 Å². The molecule has 2 nitrogen and oxygen atoms in total. The van der Waals surface area contributed by atoms with E-state index in [1.54, 1.807) is 18.2 Å². The molecule has 1 aromatic carbocycles. The summed E-state index contributed by atoms with van der Waals surface area (Å²) >= 11 is 11.9. The normalized spacial score (nSPS) is 23.9. The summed E-state index contributed by atoms with van der Waals surface area (Å²) in [4.78, 5) is 12.5. The molecule has 1 fully saturated rings. The summed E-state index contributed by atoms with van der Waals surface area (Å²) in [6.07, 6.45) is 3.00. The highest BCUT2D eigenvalue weighted by Crippen LogP contribution is 2.37. The first-order valence-electron chi connectivity index (χ1n) is 6.43. The lowest BCUT2D eigenvalue weighted by Crippen LogP contribution is -2.23. The Morgan fingerprint density at radius 1 is 1.42 bits per heavy atom. The number of halogens is 2. The van der Waals surface area contributed by atoms with Gasteiger partial charge in [-0.1, -0.05) is 42.6 Å². The van der Waals surface area contributed by atoms with Crippen LogP contribution in [-0.2, 0) is 4.79 Å². The molecule has 3 atom stereocenters. The third kappa shape index (κ3) is 2.94. The van der Waals surface area contributed by atoms with Crippen LogP contribution in [0.3, 0.4) is 0 Å². The van der Waals surface area contributed by atoms with Gasteiger partial charge in [-0.3, -0.25) is 4.79 Å². The zero-order chi connectivity index (χ0) is 14.0. The molecule has 19 heavy (non-hydrogen) atoms. The molecule has 100 valence electrons. The fraction of sp³-hybridized carbons (Fsp3) is 0.467. The molecular formula is C15H15Cl2NO. The summed E-state index contributed by atoms with van der Waals surface area (Å²) in [5.74, 6) is -0.446. The van der Waals surface area contributed by atoms with Crippen LogP contribution >= 0.6 is 23.2 Å². The number of hydrogen-bond acceptors (Lipinski definition) is 2. The monoisotopic (exact) mass is 295 g/mol. The fourth-order valence-electron chi connectivity index (χ4n) is 2.80. The number of hydrogen-bond donors (Lipinski definition) is 0. The van der Waals surface area contributed by atoms with Crippen molar-refractivity contribution in [3.05, 3.63) is 33.8 Å². The van der Waals surface area contributed by atoms with Crippen molar-refractivity contribution in [3.8, 4) is 6.07 Å². The van der Waals surface area contributed by atoms with E-state index in [-0.39, 0.29) is 11.7 Å². The second-order valence-corrected chi connectivity index (χ2v) is 5.99. The first-order valence-corrected chi connectivity index (χ1v) is 7.18. The summed E-state index contributed by atoms with van der Waals surface area (Å²) in [7, 11) is 0. The Kier molecular flexibility index (Phi) is 4.50. The van der Waals surface area contributed by atoms with E-state index < -0.39 is 5.92 Å². The third-order valence-corrected chi connectivity index (χ3v) is 4.48. The van der Waals surface area contributed by atoms with Gasteiger partial charge < -0.3 is 0 Å². The van der Waals surface area contributed by atoms with Crippen molar-refractivity contribution < 1.29 is 4.79 Å². The second-order valence-electron chi connectivity index (χ2n) is 5.14. The summed E-state index contributed by atoms with van der Waals surface area (Å²) < 4.78 is 0. The average molecular weight is 296 g/mol. The standard InChI is InChI=1S/C15H15Cl2NO/c1-9-3-2-4-11(9)15(19)13(8-18)12-6-5-10(16)7-14(12)17/h5-7,9,11,13H,2-4H2,1H3. The van der Waals surface area contributed by atoms with Crippen LogP contribution in [0.15, 0.2) is 18.2 Å². The SMILES string of the molecule is CC1CCCC1C(=O)C(C#N)c1ccc(Cl)cc1Cl. The van der Waals surface area contributed by atoms with Crippen molar-refractivity contribution in [2.45, 2.75) is 32.1 Å². The summed E-state index contributed by atoms with van der Waals surface area (Å²) in [6.45, 7) is 2.08. The summed E-state index contributed by atoms with van der Waals surface area (Å²) in [5.41, 5.74) is 0.567. The largest absolute Gasteiger partial charge is 0.298 e. The van der Waals surface area contributed by atoms with E-state index >= 15 is 0 Å². The molecule has 2 rings (SSSR count). The van der Waals surface area contributed by atoms with Crippen LogP contribution < -0.4 is 0 Å². The van der Waals surface area contributed by atoms with Crippen LogP contribution in [-0.4, -0.2) is 5.78 Å². The Labute approximate surface area is 123 Å². The minimum atomic E-state index is -0.782. The van der Waals surface area contributed by atoms with Crippen LogP contribution in [0.4, 0.5) is 0 Å².